The number of anilines is 2. The van der Waals surface area contributed by atoms with Crippen LogP contribution in [0.3, 0.4) is 0 Å². The number of hydrogen-bond acceptors (Lipinski definition) is 7. The molecule has 1 aromatic carbocycles. The van der Waals surface area contributed by atoms with Crippen LogP contribution < -0.4 is 10.2 Å². The molecular weight excluding hydrogens is 376 g/mol. The van der Waals surface area contributed by atoms with Crippen molar-refractivity contribution < 1.29 is 4.79 Å². The monoisotopic (exact) mass is 400 g/mol. The molecule has 27 heavy (non-hydrogen) atoms. The molecule has 0 spiro atoms. The Labute approximate surface area is 168 Å². The zero-order chi connectivity index (χ0) is 19.6. The van der Waals surface area contributed by atoms with Gasteiger partial charge in [-0.15, -0.1) is 16.8 Å². The molecule has 1 aliphatic rings. The fraction of sp³-hybridized carbons (Fsp3) is 0.350. The van der Waals surface area contributed by atoms with Gasteiger partial charge in [-0.1, -0.05) is 61.2 Å². The first-order chi connectivity index (χ1) is 12.8. The number of likely N-dealkylation sites (N-methyl/N-ethyl adjacent to an activating group) is 1. The predicted octanol–water partition coefficient (Wildman–Crippen LogP) is 4.50. The molecule has 142 valence electrons. The summed E-state index contributed by atoms with van der Waals surface area (Å²) in [5.74, 6) is 0.0820. The second-order valence-electron chi connectivity index (χ2n) is 6.94. The van der Waals surface area contributed by atoms with Gasteiger partial charge in [-0.3, -0.25) is 4.79 Å². The largest absolute Gasteiger partial charge is 0.357 e. The molecule has 0 radical (unpaired) electrons. The van der Waals surface area contributed by atoms with E-state index in [2.05, 4.69) is 53.0 Å². The average Bonchev–Trinajstić information content (AvgIpc) is 3.17. The Hall–Kier alpha value is -2.12. The van der Waals surface area contributed by atoms with Gasteiger partial charge in [-0.25, -0.2) is 0 Å². The summed E-state index contributed by atoms with van der Waals surface area (Å²) in [6.07, 6.45) is 3.56. The van der Waals surface area contributed by atoms with Crippen LogP contribution >= 0.6 is 23.1 Å². The van der Waals surface area contributed by atoms with Crippen molar-refractivity contribution in [3.05, 3.63) is 54.3 Å². The van der Waals surface area contributed by atoms with E-state index in [1.807, 2.05) is 26.1 Å². The number of nitrogens with one attached hydrogen (secondary N) is 1. The van der Waals surface area contributed by atoms with Crippen molar-refractivity contribution in [2.24, 2.45) is 0 Å². The predicted molar refractivity (Wildman–Crippen MR) is 115 cm³/mol. The summed E-state index contributed by atoms with van der Waals surface area (Å²) in [7, 11) is 2.02. The van der Waals surface area contributed by atoms with Gasteiger partial charge in [0.1, 0.15) is 0 Å². The van der Waals surface area contributed by atoms with Gasteiger partial charge in [0.05, 0.1) is 5.25 Å². The molecule has 0 saturated heterocycles. The summed E-state index contributed by atoms with van der Waals surface area (Å²) < 4.78 is 0.781. The first-order valence-electron chi connectivity index (χ1n) is 8.78. The Morgan fingerprint density at radius 3 is 2.85 bits per heavy atom. The highest BCUT2D eigenvalue weighted by Crippen LogP contribution is 2.46. The molecule has 2 aromatic rings. The van der Waals surface area contributed by atoms with Gasteiger partial charge < -0.3 is 10.2 Å². The molecule has 3 rings (SSSR count). The van der Waals surface area contributed by atoms with Gasteiger partial charge in [0, 0.05) is 36.5 Å². The first kappa shape index (κ1) is 19.6. The number of para-hydroxylation sites is 1. The van der Waals surface area contributed by atoms with E-state index < -0.39 is 0 Å². The molecular formula is C20H24N4OS2. The minimum atomic E-state index is -0.231. The third-order valence-electron chi connectivity index (χ3n) is 4.70. The maximum Gasteiger partial charge on any atom is 0.206 e. The van der Waals surface area contributed by atoms with E-state index in [4.69, 9.17) is 0 Å². The highest BCUT2D eigenvalue weighted by atomic mass is 32.2. The van der Waals surface area contributed by atoms with Gasteiger partial charge in [0.25, 0.3) is 0 Å². The molecule has 0 amide bonds. The number of benzene rings is 1. The standard InChI is InChI=1S/C20H24N4OS2/c1-6-11-21-18-22-23-19(27-18)26-13(2)16(25)12-17-20(3,4)14-9-7-8-10-15(14)24(17)5/h6-10,12-13H,1,11H2,2-5H3,(H,21,22)/b17-12-. The summed E-state index contributed by atoms with van der Waals surface area (Å²) in [6, 6.07) is 8.31. The molecule has 5 nitrogen and oxygen atoms in total. The molecule has 1 N–H and O–H groups in total. The van der Waals surface area contributed by atoms with Crippen LogP contribution in [-0.2, 0) is 10.2 Å². The van der Waals surface area contributed by atoms with Gasteiger partial charge >= 0.3 is 0 Å². The van der Waals surface area contributed by atoms with Crippen LogP contribution in [0.25, 0.3) is 0 Å². The maximum absolute atomic E-state index is 12.9. The summed E-state index contributed by atoms with van der Waals surface area (Å²) in [5.41, 5.74) is 3.22. The molecule has 7 heteroatoms. The van der Waals surface area contributed by atoms with Crippen LogP contribution in [0.4, 0.5) is 10.8 Å². The van der Waals surface area contributed by atoms with Crippen molar-refractivity contribution in [1.29, 1.82) is 0 Å². The van der Waals surface area contributed by atoms with Crippen LogP contribution in [0.15, 0.2) is 53.0 Å². The van der Waals surface area contributed by atoms with E-state index in [0.29, 0.717) is 6.54 Å². The lowest BCUT2D eigenvalue weighted by atomic mass is 9.83. The Balaban J connectivity index is 1.74. The third-order valence-corrected chi connectivity index (χ3v) is 6.79. The number of ketones is 1. The lowest BCUT2D eigenvalue weighted by molar-refractivity contribution is -0.113. The van der Waals surface area contributed by atoms with E-state index in [-0.39, 0.29) is 16.4 Å². The van der Waals surface area contributed by atoms with Crippen molar-refractivity contribution in [3.63, 3.8) is 0 Å². The summed E-state index contributed by atoms with van der Waals surface area (Å²) in [4.78, 5) is 15.0. The number of carbonyl (C=O) groups excluding carboxylic acids is 1. The summed E-state index contributed by atoms with van der Waals surface area (Å²) in [5, 5.41) is 11.9. The van der Waals surface area contributed by atoms with E-state index in [1.54, 1.807) is 12.2 Å². The van der Waals surface area contributed by atoms with Crippen LogP contribution in [0.1, 0.15) is 26.3 Å². The fourth-order valence-electron chi connectivity index (χ4n) is 3.21. The highest BCUT2D eigenvalue weighted by Gasteiger charge is 2.38. The number of allylic oxidation sites excluding steroid dienone is 2. The second kappa shape index (κ2) is 7.86. The number of hydrogen-bond donors (Lipinski definition) is 1. The lowest BCUT2D eigenvalue weighted by Crippen LogP contribution is -2.25. The van der Waals surface area contributed by atoms with Gasteiger partial charge in [-0.05, 0) is 18.6 Å². The zero-order valence-electron chi connectivity index (χ0n) is 16.0. The molecule has 0 bridgehead atoms. The third kappa shape index (κ3) is 3.94. The van der Waals surface area contributed by atoms with Crippen molar-refractivity contribution in [3.8, 4) is 0 Å². The highest BCUT2D eigenvalue weighted by molar-refractivity contribution is 8.02. The Morgan fingerprint density at radius 1 is 1.41 bits per heavy atom. The first-order valence-corrected chi connectivity index (χ1v) is 10.5. The van der Waals surface area contributed by atoms with Crippen LogP contribution in [0.2, 0.25) is 0 Å². The maximum atomic E-state index is 12.9. The van der Waals surface area contributed by atoms with E-state index in [1.165, 1.54) is 28.7 Å². The van der Waals surface area contributed by atoms with Crippen molar-refractivity contribution in [1.82, 2.24) is 10.2 Å². The molecule has 2 heterocycles. The number of aromatic nitrogens is 2. The Kier molecular flexibility index (Phi) is 5.72. The number of carbonyl (C=O) groups is 1. The molecule has 1 aliphatic heterocycles. The van der Waals surface area contributed by atoms with Gasteiger partial charge in [-0.2, -0.15) is 0 Å². The fourth-order valence-corrected chi connectivity index (χ4v) is 5.13. The molecule has 0 saturated carbocycles. The summed E-state index contributed by atoms with van der Waals surface area (Å²) in [6.45, 7) is 10.5. The van der Waals surface area contributed by atoms with Crippen LogP contribution in [0, 0.1) is 0 Å². The summed E-state index contributed by atoms with van der Waals surface area (Å²) >= 11 is 2.89. The zero-order valence-corrected chi connectivity index (χ0v) is 17.7. The number of rotatable bonds is 7. The molecule has 0 aliphatic carbocycles. The van der Waals surface area contributed by atoms with Crippen molar-refractivity contribution >= 4 is 39.7 Å². The minimum absolute atomic E-state index is 0.0820. The topological polar surface area (TPSA) is 58.1 Å². The van der Waals surface area contributed by atoms with Crippen molar-refractivity contribution in [2.75, 3.05) is 23.8 Å². The quantitative estimate of drug-likeness (QED) is 0.420. The SMILES string of the molecule is C=CCNc1nnc(SC(C)C(=O)/C=C2\N(C)c3ccccc3C2(C)C)s1. The van der Waals surface area contributed by atoms with Gasteiger partial charge in [0.15, 0.2) is 10.1 Å². The molecule has 1 unspecified atom stereocenters. The van der Waals surface area contributed by atoms with Gasteiger partial charge in [0.2, 0.25) is 5.13 Å². The number of fused-ring (bicyclic) bond motifs is 1. The minimum Gasteiger partial charge on any atom is -0.357 e. The molecule has 1 aromatic heterocycles. The molecule has 1 atom stereocenters. The second-order valence-corrected chi connectivity index (χ2v) is 9.50. The van der Waals surface area contributed by atoms with Crippen LogP contribution in [0.5, 0.6) is 0 Å². The van der Waals surface area contributed by atoms with E-state index >= 15 is 0 Å². The molecule has 0 fully saturated rings. The van der Waals surface area contributed by atoms with E-state index in [0.717, 1.165) is 20.9 Å². The normalized spacial score (nSPS) is 17.6. The Bertz CT molecular complexity index is 888. The average molecular weight is 401 g/mol. The van der Waals surface area contributed by atoms with Crippen molar-refractivity contribution in [2.45, 2.75) is 35.8 Å². The number of nitrogens with zero attached hydrogens (tertiary/aromatic N) is 3. The van der Waals surface area contributed by atoms with Crippen LogP contribution in [-0.4, -0.2) is 34.8 Å². The lowest BCUT2D eigenvalue weighted by Gasteiger charge is -2.24. The smallest absolute Gasteiger partial charge is 0.206 e. The number of thioether (sulfide) groups is 1. The van der Waals surface area contributed by atoms with E-state index in [9.17, 15) is 4.79 Å². The Morgan fingerprint density at radius 2 is 2.15 bits per heavy atom.